The fourth-order valence-electron chi connectivity index (χ4n) is 2.39. The molecule has 0 aromatic heterocycles. The molecule has 1 aliphatic rings. The van der Waals surface area contributed by atoms with Crippen LogP contribution in [0.25, 0.3) is 6.08 Å². The van der Waals surface area contributed by atoms with Crippen molar-refractivity contribution >= 4 is 46.4 Å². The van der Waals surface area contributed by atoms with Crippen LogP contribution in [0.15, 0.2) is 47.4 Å². The van der Waals surface area contributed by atoms with E-state index >= 15 is 0 Å². The van der Waals surface area contributed by atoms with Crippen LogP contribution in [-0.4, -0.2) is 33.0 Å². The minimum Gasteiger partial charge on any atom is -0.504 e. The zero-order chi connectivity index (χ0) is 20.3. The molecular formula is C19H14N2O6S. The fraction of sp³-hybridized carbons (Fsp3) is 0.0526. The predicted molar refractivity (Wildman–Crippen MR) is 103 cm³/mol. The maximum atomic E-state index is 12.1. The lowest BCUT2D eigenvalue weighted by atomic mass is 10.1. The van der Waals surface area contributed by atoms with Crippen molar-refractivity contribution in [2.24, 2.45) is 0 Å². The van der Waals surface area contributed by atoms with Crippen LogP contribution < -0.4 is 10.6 Å². The summed E-state index contributed by atoms with van der Waals surface area (Å²) in [5.41, 5.74) is 1.23. The number of carbonyl (C=O) groups is 4. The third-order valence-electron chi connectivity index (χ3n) is 3.75. The molecule has 1 fully saturated rings. The number of nitrogens with one attached hydrogen (secondary N) is 2. The molecule has 3 amide bonds. The van der Waals surface area contributed by atoms with Gasteiger partial charge in [0.05, 0.1) is 11.3 Å². The van der Waals surface area contributed by atoms with E-state index in [1.54, 1.807) is 30.3 Å². The molecule has 8 nitrogen and oxygen atoms in total. The van der Waals surface area contributed by atoms with Crippen molar-refractivity contribution in [3.63, 3.8) is 0 Å². The maximum absolute atomic E-state index is 12.1. The highest BCUT2D eigenvalue weighted by atomic mass is 32.2. The van der Waals surface area contributed by atoms with Crippen LogP contribution in [0.2, 0.25) is 0 Å². The number of rotatable bonds is 5. The molecule has 0 aliphatic carbocycles. The minimum absolute atomic E-state index is 0.106. The van der Waals surface area contributed by atoms with E-state index < -0.39 is 35.0 Å². The van der Waals surface area contributed by atoms with Crippen molar-refractivity contribution in [3.8, 4) is 11.5 Å². The maximum Gasteiger partial charge on any atom is 0.290 e. The number of thioether (sulfide) groups is 1. The number of Topliss-reactive ketones (excluding diaryl/α,β-unsaturated/α-hetero) is 1. The molecule has 0 atom stereocenters. The largest absolute Gasteiger partial charge is 0.504 e. The normalized spacial score (nSPS) is 14.8. The van der Waals surface area contributed by atoms with Crippen molar-refractivity contribution in [1.82, 2.24) is 5.32 Å². The molecule has 0 unspecified atom stereocenters. The first-order valence-corrected chi connectivity index (χ1v) is 8.83. The van der Waals surface area contributed by atoms with E-state index in [1.165, 1.54) is 12.1 Å². The predicted octanol–water partition coefficient (Wildman–Crippen LogP) is 2.63. The van der Waals surface area contributed by atoms with E-state index in [9.17, 15) is 29.4 Å². The lowest BCUT2D eigenvalue weighted by Crippen LogP contribution is -2.17. The summed E-state index contributed by atoms with van der Waals surface area (Å²) in [7, 11) is 0. The Morgan fingerprint density at radius 2 is 1.75 bits per heavy atom. The molecule has 1 heterocycles. The average Bonchev–Trinajstić information content (AvgIpc) is 2.96. The van der Waals surface area contributed by atoms with Gasteiger partial charge in [-0.3, -0.25) is 24.5 Å². The van der Waals surface area contributed by atoms with Crippen molar-refractivity contribution < 1.29 is 29.4 Å². The number of phenols is 2. The molecule has 2 aromatic carbocycles. The lowest BCUT2D eigenvalue weighted by molar-refractivity contribution is -0.116. The molecule has 1 aliphatic heterocycles. The number of imide groups is 1. The number of amides is 3. The first-order valence-electron chi connectivity index (χ1n) is 8.02. The summed E-state index contributed by atoms with van der Waals surface area (Å²) in [4.78, 5) is 47.1. The number of phenolic OH excluding ortho intramolecular Hbond substituents is 2. The van der Waals surface area contributed by atoms with Crippen LogP contribution in [0.5, 0.6) is 11.5 Å². The Hall–Kier alpha value is -3.59. The van der Waals surface area contributed by atoms with E-state index in [2.05, 4.69) is 10.6 Å². The topological polar surface area (TPSA) is 133 Å². The highest BCUT2D eigenvalue weighted by Crippen LogP contribution is 2.26. The Labute approximate surface area is 163 Å². The third kappa shape index (κ3) is 4.57. The first kappa shape index (κ1) is 19.2. The number of hydrogen-bond donors (Lipinski definition) is 4. The van der Waals surface area contributed by atoms with Crippen LogP contribution in [0.3, 0.4) is 0 Å². The second-order valence-corrected chi connectivity index (χ2v) is 6.84. The van der Waals surface area contributed by atoms with Gasteiger partial charge in [-0.05, 0) is 53.7 Å². The van der Waals surface area contributed by atoms with Crippen LogP contribution in [0.4, 0.5) is 10.5 Å². The molecule has 0 bridgehead atoms. The fourth-order valence-corrected chi connectivity index (χ4v) is 3.07. The molecule has 0 saturated carbocycles. The standard InChI is InChI=1S/C19H14N2O6S/c22-13-6-3-11(8-15(13)24)14(23)9-17(25)20-12-4-1-10(2-5-12)7-16-18(26)21-19(27)28-16/h1-8,22,24H,9H2,(H,20,25)(H,21,26,27)/b16-7-. The number of aromatic hydroxyl groups is 2. The highest BCUT2D eigenvalue weighted by Gasteiger charge is 2.24. The van der Waals surface area contributed by atoms with E-state index in [0.717, 1.165) is 17.8 Å². The van der Waals surface area contributed by atoms with Crippen molar-refractivity contribution in [1.29, 1.82) is 0 Å². The van der Waals surface area contributed by atoms with Gasteiger partial charge in [-0.15, -0.1) is 0 Å². The Balaban J connectivity index is 1.60. The van der Waals surface area contributed by atoms with E-state index in [-0.39, 0.29) is 16.2 Å². The molecule has 4 N–H and O–H groups in total. The summed E-state index contributed by atoms with van der Waals surface area (Å²) < 4.78 is 0. The minimum atomic E-state index is -0.542. The molecular weight excluding hydrogens is 384 g/mol. The van der Waals surface area contributed by atoms with Gasteiger partial charge in [0.25, 0.3) is 11.1 Å². The summed E-state index contributed by atoms with van der Waals surface area (Å²) in [6, 6.07) is 10.1. The van der Waals surface area contributed by atoms with Gasteiger partial charge < -0.3 is 15.5 Å². The van der Waals surface area contributed by atoms with Crippen LogP contribution in [-0.2, 0) is 9.59 Å². The number of hydrogen-bond acceptors (Lipinski definition) is 7. The molecule has 0 spiro atoms. The van der Waals surface area contributed by atoms with Gasteiger partial charge in [-0.1, -0.05) is 12.1 Å². The lowest BCUT2D eigenvalue weighted by Gasteiger charge is -2.06. The molecule has 142 valence electrons. The van der Waals surface area contributed by atoms with Gasteiger partial charge in [-0.25, -0.2) is 0 Å². The molecule has 28 heavy (non-hydrogen) atoms. The SMILES string of the molecule is O=C(CC(=O)c1ccc(O)c(O)c1)Nc1ccc(/C=C2\SC(=O)NC2=O)cc1. The number of benzene rings is 2. The molecule has 1 saturated heterocycles. The third-order valence-corrected chi connectivity index (χ3v) is 4.56. The molecule has 3 rings (SSSR count). The van der Waals surface area contributed by atoms with Gasteiger partial charge in [0.1, 0.15) is 0 Å². The summed E-state index contributed by atoms with van der Waals surface area (Å²) in [5, 5.41) is 23.0. The smallest absolute Gasteiger partial charge is 0.290 e. The van der Waals surface area contributed by atoms with E-state index in [4.69, 9.17) is 0 Å². The second-order valence-electron chi connectivity index (χ2n) is 5.83. The van der Waals surface area contributed by atoms with Gasteiger partial charge in [0, 0.05) is 11.3 Å². The zero-order valence-corrected chi connectivity index (χ0v) is 15.1. The number of carbonyl (C=O) groups excluding carboxylic acids is 4. The monoisotopic (exact) mass is 398 g/mol. The van der Waals surface area contributed by atoms with Crippen molar-refractivity contribution in [3.05, 3.63) is 58.5 Å². The van der Waals surface area contributed by atoms with Crippen LogP contribution in [0.1, 0.15) is 22.3 Å². The van der Waals surface area contributed by atoms with Gasteiger partial charge >= 0.3 is 0 Å². The number of ketones is 1. The zero-order valence-electron chi connectivity index (χ0n) is 14.3. The van der Waals surface area contributed by atoms with Crippen LogP contribution >= 0.6 is 11.8 Å². The Morgan fingerprint density at radius 3 is 2.36 bits per heavy atom. The molecule has 0 radical (unpaired) electrons. The summed E-state index contributed by atoms with van der Waals surface area (Å²) in [6.45, 7) is 0. The molecule has 9 heteroatoms. The van der Waals surface area contributed by atoms with Crippen molar-refractivity contribution in [2.75, 3.05) is 5.32 Å². The van der Waals surface area contributed by atoms with E-state index in [0.29, 0.717) is 11.3 Å². The molecule has 2 aromatic rings. The van der Waals surface area contributed by atoms with Gasteiger partial charge in [0.2, 0.25) is 5.91 Å². The summed E-state index contributed by atoms with van der Waals surface area (Å²) in [6.07, 6.45) is 1.12. The number of anilines is 1. The van der Waals surface area contributed by atoms with Gasteiger partial charge in [-0.2, -0.15) is 0 Å². The van der Waals surface area contributed by atoms with E-state index in [1.807, 2.05) is 0 Å². The second kappa shape index (κ2) is 7.97. The summed E-state index contributed by atoms with van der Waals surface area (Å²) >= 11 is 0.811. The first-order chi connectivity index (χ1) is 13.3. The quantitative estimate of drug-likeness (QED) is 0.263. The summed E-state index contributed by atoms with van der Waals surface area (Å²) in [5.74, 6) is -2.30. The average molecular weight is 398 g/mol. The highest BCUT2D eigenvalue weighted by molar-refractivity contribution is 8.18. The Kier molecular flexibility index (Phi) is 5.46. The van der Waals surface area contributed by atoms with Crippen molar-refractivity contribution in [2.45, 2.75) is 6.42 Å². The Bertz CT molecular complexity index is 1010. The Morgan fingerprint density at radius 1 is 1.04 bits per heavy atom. The van der Waals surface area contributed by atoms with Gasteiger partial charge in [0.15, 0.2) is 17.3 Å². The van der Waals surface area contributed by atoms with Crippen LogP contribution in [0, 0.1) is 0 Å².